The lowest BCUT2D eigenvalue weighted by Crippen LogP contribution is -2.47. The van der Waals surface area contributed by atoms with Crippen LogP contribution in [0.5, 0.6) is 0 Å². The Morgan fingerprint density at radius 2 is 2.00 bits per heavy atom. The van der Waals surface area contributed by atoms with Crippen LogP contribution in [-0.4, -0.2) is 53.0 Å². The van der Waals surface area contributed by atoms with E-state index in [4.69, 9.17) is 5.21 Å². The van der Waals surface area contributed by atoms with Crippen molar-refractivity contribution in [3.8, 4) is 0 Å². The molecule has 3 N–H and O–H groups in total. The molecule has 9 nitrogen and oxygen atoms in total. The van der Waals surface area contributed by atoms with E-state index in [1.165, 1.54) is 27.8 Å². The number of thioether (sulfide) groups is 1. The number of hydrogen-bond donors (Lipinski definition) is 3. The van der Waals surface area contributed by atoms with Gasteiger partial charge in [0.15, 0.2) is 5.12 Å². The molecule has 0 heterocycles. The van der Waals surface area contributed by atoms with Gasteiger partial charge in [-0.25, -0.2) is 0 Å². The molecule has 0 aliphatic carbocycles. The van der Waals surface area contributed by atoms with Crippen molar-refractivity contribution in [3.63, 3.8) is 0 Å². The van der Waals surface area contributed by atoms with E-state index in [0.717, 1.165) is 11.8 Å². The van der Waals surface area contributed by atoms with Crippen LogP contribution in [0, 0.1) is 10.6 Å². The van der Waals surface area contributed by atoms with Gasteiger partial charge in [-0.1, -0.05) is 11.8 Å². The lowest BCUT2D eigenvalue weighted by atomic mass is 9.97. The van der Waals surface area contributed by atoms with Gasteiger partial charge in [-0.2, -0.15) is 0 Å². The van der Waals surface area contributed by atoms with E-state index in [-0.39, 0.29) is 23.4 Å². The summed E-state index contributed by atoms with van der Waals surface area (Å²) in [5.41, 5.74) is -1.04. The normalized spacial score (nSPS) is 12.9. The number of nitrogens with zero attached hydrogens (tertiary/aromatic N) is 1. The average molecular weight is 322 g/mol. The predicted molar refractivity (Wildman–Crippen MR) is 75.9 cm³/mol. The SMILES string of the molecule is CNC(=O)C(CSC(=O)C(C)(C)CON([O-])O)NC(C)=O. The van der Waals surface area contributed by atoms with Crippen molar-refractivity contribution in [3.05, 3.63) is 5.21 Å². The highest BCUT2D eigenvalue weighted by Crippen LogP contribution is 2.25. The largest absolute Gasteiger partial charge is 0.738 e. The minimum atomic E-state index is -1.04. The minimum Gasteiger partial charge on any atom is -0.738 e. The van der Waals surface area contributed by atoms with Crippen LogP contribution in [0.2, 0.25) is 0 Å². The highest BCUT2D eigenvalue weighted by atomic mass is 32.2. The van der Waals surface area contributed by atoms with Crippen LogP contribution in [0.3, 0.4) is 0 Å². The Morgan fingerprint density at radius 3 is 2.43 bits per heavy atom. The summed E-state index contributed by atoms with van der Waals surface area (Å²) in [5, 5.41) is 22.4. The van der Waals surface area contributed by atoms with E-state index in [0.29, 0.717) is 0 Å². The fourth-order valence-corrected chi connectivity index (χ4v) is 2.23. The number of hydrogen-bond acceptors (Lipinski definition) is 8. The van der Waals surface area contributed by atoms with Crippen molar-refractivity contribution in [1.29, 1.82) is 0 Å². The van der Waals surface area contributed by atoms with Crippen LogP contribution in [0.1, 0.15) is 20.8 Å². The summed E-state index contributed by atoms with van der Waals surface area (Å²) in [6.07, 6.45) is 0. The van der Waals surface area contributed by atoms with Crippen LogP contribution in [0.15, 0.2) is 0 Å². The number of carbonyl (C=O) groups excluding carboxylic acids is 3. The smallest absolute Gasteiger partial charge is 0.243 e. The highest BCUT2D eigenvalue weighted by molar-refractivity contribution is 8.13. The molecular weight excluding hydrogens is 302 g/mol. The van der Waals surface area contributed by atoms with Gasteiger partial charge in [0, 0.05) is 19.7 Å². The Labute approximate surface area is 126 Å². The summed E-state index contributed by atoms with van der Waals surface area (Å²) in [7, 11) is 1.42. The monoisotopic (exact) mass is 322 g/mol. The summed E-state index contributed by atoms with van der Waals surface area (Å²) in [6, 6.07) is -0.841. The molecule has 0 aliphatic heterocycles. The van der Waals surface area contributed by atoms with Crippen LogP contribution in [0.4, 0.5) is 0 Å². The first-order valence-corrected chi connectivity index (χ1v) is 7.03. The van der Waals surface area contributed by atoms with E-state index in [1.54, 1.807) is 0 Å². The number of likely N-dealkylation sites (N-methyl/N-ethyl adjacent to an activating group) is 1. The van der Waals surface area contributed by atoms with Gasteiger partial charge in [0.2, 0.25) is 11.8 Å². The van der Waals surface area contributed by atoms with Gasteiger partial charge in [-0.05, 0) is 13.8 Å². The molecular formula is C11H20N3O6S-. The van der Waals surface area contributed by atoms with Crippen molar-refractivity contribution in [2.45, 2.75) is 26.8 Å². The van der Waals surface area contributed by atoms with Gasteiger partial charge < -0.3 is 21.0 Å². The maximum atomic E-state index is 12.0. The molecule has 0 aromatic rings. The zero-order valence-electron chi connectivity index (χ0n) is 12.3. The van der Waals surface area contributed by atoms with E-state index >= 15 is 0 Å². The van der Waals surface area contributed by atoms with Crippen molar-refractivity contribution in [2.75, 3.05) is 19.4 Å². The highest BCUT2D eigenvalue weighted by Gasteiger charge is 2.30. The maximum Gasteiger partial charge on any atom is 0.243 e. The zero-order chi connectivity index (χ0) is 16.6. The molecule has 0 aliphatic rings. The quantitative estimate of drug-likeness (QED) is 0.516. The molecule has 122 valence electrons. The second kappa shape index (κ2) is 8.95. The first-order chi connectivity index (χ1) is 9.60. The molecule has 1 unspecified atom stereocenters. The lowest BCUT2D eigenvalue weighted by molar-refractivity contribution is -0.313. The molecule has 0 saturated heterocycles. The molecule has 0 aromatic carbocycles. The summed E-state index contributed by atoms with van der Waals surface area (Å²) in [4.78, 5) is 38.9. The number of carbonyl (C=O) groups is 3. The third kappa shape index (κ3) is 7.97. The molecule has 21 heavy (non-hydrogen) atoms. The van der Waals surface area contributed by atoms with Gasteiger partial charge in [-0.15, -0.1) is 5.39 Å². The van der Waals surface area contributed by atoms with Crippen molar-refractivity contribution in [2.24, 2.45) is 5.41 Å². The Kier molecular flexibility index (Phi) is 8.44. The molecule has 0 spiro atoms. The molecule has 0 rings (SSSR count). The first kappa shape index (κ1) is 19.8. The van der Waals surface area contributed by atoms with Gasteiger partial charge in [-0.3, -0.25) is 19.2 Å². The third-order valence-corrected chi connectivity index (χ3v) is 3.72. The van der Waals surface area contributed by atoms with E-state index in [9.17, 15) is 19.6 Å². The molecule has 0 aromatic heterocycles. The molecule has 1 atom stereocenters. The lowest BCUT2D eigenvalue weighted by Gasteiger charge is -2.27. The molecule has 0 fully saturated rings. The number of rotatable bonds is 8. The van der Waals surface area contributed by atoms with Crippen LogP contribution >= 0.6 is 11.8 Å². The Hall–Kier alpha value is -1.20. The molecule has 2 amide bonds. The van der Waals surface area contributed by atoms with Crippen LogP contribution < -0.4 is 10.6 Å². The van der Waals surface area contributed by atoms with Crippen LogP contribution in [0.25, 0.3) is 0 Å². The molecule has 0 radical (unpaired) electrons. The number of amides is 2. The first-order valence-electron chi connectivity index (χ1n) is 6.05. The van der Waals surface area contributed by atoms with Crippen LogP contribution in [-0.2, 0) is 19.2 Å². The Bertz CT molecular complexity index is 388. The van der Waals surface area contributed by atoms with Crippen molar-refractivity contribution >= 4 is 28.7 Å². The van der Waals surface area contributed by atoms with Gasteiger partial charge in [0.25, 0.3) is 0 Å². The van der Waals surface area contributed by atoms with Crippen molar-refractivity contribution < 1.29 is 24.4 Å². The summed E-state index contributed by atoms with van der Waals surface area (Å²) in [6.45, 7) is 4.01. The molecule has 0 bridgehead atoms. The standard InChI is InChI=1S/C11H20N3O6S/c1-7(15)13-8(9(16)12-4)5-21-10(17)11(2,3)6-20-14(18)19/h8,18H,5-6H2,1-4H3,(H,12,16)(H,13,15)/q-1. The average Bonchev–Trinajstić information content (AvgIpc) is 2.39. The predicted octanol–water partition coefficient (Wildman–Crippen LogP) is -0.356. The van der Waals surface area contributed by atoms with E-state index < -0.39 is 22.8 Å². The number of nitrogens with one attached hydrogen (secondary N) is 2. The van der Waals surface area contributed by atoms with Gasteiger partial charge in [0.05, 0.1) is 12.0 Å². The zero-order valence-corrected chi connectivity index (χ0v) is 13.2. The van der Waals surface area contributed by atoms with Crippen molar-refractivity contribution in [1.82, 2.24) is 16.0 Å². The maximum absolute atomic E-state index is 12.0. The fourth-order valence-electron chi connectivity index (χ4n) is 1.23. The fraction of sp³-hybridized carbons (Fsp3) is 0.727. The molecule has 0 saturated carbocycles. The van der Waals surface area contributed by atoms with E-state index in [1.807, 2.05) is 0 Å². The summed E-state index contributed by atoms with van der Waals surface area (Å²) < 4.78 is 0. The summed E-state index contributed by atoms with van der Waals surface area (Å²) in [5.74, 6) is -0.760. The topological polar surface area (TPSA) is 131 Å². The second-order valence-electron chi connectivity index (χ2n) is 4.86. The third-order valence-electron chi connectivity index (χ3n) is 2.41. The van der Waals surface area contributed by atoms with Gasteiger partial charge >= 0.3 is 0 Å². The summed E-state index contributed by atoms with van der Waals surface area (Å²) >= 11 is 0.832. The molecule has 10 heteroatoms. The Morgan fingerprint density at radius 1 is 1.43 bits per heavy atom. The minimum absolute atomic E-state index is 0.0434. The van der Waals surface area contributed by atoms with E-state index in [2.05, 4.69) is 15.5 Å². The second-order valence-corrected chi connectivity index (χ2v) is 5.85. The Balaban J connectivity index is 4.53. The van der Waals surface area contributed by atoms with Gasteiger partial charge in [0.1, 0.15) is 6.04 Å².